The van der Waals surface area contributed by atoms with E-state index >= 15 is 0 Å². The van der Waals surface area contributed by atoms with Crippen LogP contribution in [0.25, 0.3) is 0 Å². The topological polar surface area (TPSA) is 105 Å². The van der Waals surface area contributed by atoms with Crippen molar-refractivity contribution < 1.29 is 14.7 Å². The maximum atomic E-state index is 11.8. The van der Waals surface area contributed by atoms with Crippen molar-refractivity contribution in [2.75, 3.05) is 0 Å². The van der Waals surface area contributed by atoms with E-state index in [4.69, 9.17) is 5.11 Å². The summed E-state index contributed by atoms with van der Waals surface area (Å²) in [6.45, 7) is 1.73. The largest absolute Gasteiger partial charge is 0.476 e. The molecule has 2 rings (SSSR count). The van der Waals surface area contributed by atoms with Crippen LogP contribution in [0.5, 0.6) is 0 Å². The molecule has 1 atom stereocenters. The van der Waals surface area contributed by atoms with Gasteiger partial charge >= 0.3 is 5.97 Å². The molecular weight excluding hydrogens is 268 g/mol. The summed E-state index contributed by atoms with van der Waals surface area (Å²) < 4.78 is 0. The number of amides is 1. The molecular formula is C11H10N4O3S. The van der Waals surface area contributed by atoms with Crippen molar-refractivity contribution in [2.45, 2.75) is 13.0 Å². The molecule has 0 radical (unpaired) electrons. The van der Waals surface area contributed by atoms with Gasteiger partial charge < -0.3 is 10.4 Å². The number of carbonyl (C=O) groups is 2. The molecule has 0 aliphatic heterocycles. The standard InChI is InChI=1S/C11H10N4O3S/c1-6(10-15-8(4-19-10)11(17)18)14-9(16)7-2-12-5-13-3-7/h2-6H,1H3,(H,14,16)(H,17,18). The number of nitrogens with one attached hydrogen (secondary N) is 1. The van der Waals surface area contributed by atoms with Gasteiger partial charge in [-0.3, -0.25) is 4.79 Å². The van der Waals surface area contributed by atoms with E-state index in [0.717, 1.165) is 0 Å². The Morgan fingerprint density at radius 3 is 2.63 bits per heavy atom. The summed E-state index contributed by atoms with van der Waals surface area (Å²) in [5.41, 5.74) is 0.313. The van der Waals surface area contributed by atoms with E-state index in [1.807, 2.05) is 0 Å². The summed E-state index contributed by atoms with van der Waals surface area (Å²) in [7, 11) is 0. The van der Waals surface area contributed by atoms with Crippen LogP contribution in [0.15, 0.2) is 24.1 Å². The average Bonchev–Trinajstić information content (AvgIpc) is 2.89. The van der Waals surface area contributed by atoms with Crippen LogP contribution in [-0.2, 0) is 0 Å². The van der Waals surface area contributed by atoms with Crippen molar-refractivity contribution in [1.29, 1.82) is 0 Å². The van der Waals surface area contributed by atoms with Crippen LogP contribution in [0.4, 0.5) is 0 Å². The molecule has 2 heterocycles. The molecule has 98 valence electrons. The minimum atomic E-state index is -1.09. The fourth-order valence-corrected chi connectivity index (χ4v) is 2.14. The van der Waals surface area contributed by atoms with Crippen LogP contribution in [0.2, 0.25) is 0 Å². The van der Waals surface area contributed by atoms with Crippen LogP contribution in [0.3, 0.4) is 0 Å². The normalized spacial score (nSPS) is 11.8. The van der Waals surface area contributed by atoms with Gasteiger partial charge in [-0.05, 0) is 6.92 Å². The van der Waals surface area contributed by atoms with E-state index in [0.29, 0.717) is 10.6 Å². The smallest absolute Gasteiger partial charge is 0.355 e. The summed E-state index contributed by atoms with van der Waals surface area (Å²) in [6.07, 6.45) is 4.14. The van der Waals surface area contributed by atoms with Crippen LogP contribution in [-0.4, -0.2) is 31.9 Å². The zero-order chi connectivity index (χ0) is 13.8. The van der Waals surface area contributed by atoms with E-state index in [1.54, 1.807) is 6.92 Å². The summed E-state index contributed by atoms with van der Waals surface area (Å²) in [5, 5.41) is 13.4. The van der Waals surface area contributed by atoms with Gasteiger partial charge in [0.1, 0.15) is 11.3 Å². The highest BCUT2D eigenvalue weighted by Gasteiger charge is 2.16. The Morgan fingerprint density at radius 2 is 2.05 bits per heavy atom. The fraction of sp³-hybridized carbons (Fsp3) is 0.182. The predicted molar refractivity (Wildman–Crippen MR) is 67.0 cm³/mol. The number of hydrogen-bond acceptors (Lipinski definition) is 6. The van der Waals surface area contributed by atoms with E-state index in [-0.39, 0.29) is 17.6 Å². The van der Waals surface area contributed by atoms with Gasteiger partial charge in [-0.15, -0.1) is 11.3 Å². The molecule has 1 unspecified atom stereocenters. The number of hydrogen-bond donors (Lipinski definition) is 2. The Kier molecular flexibility index (Phi) is 3.81. The summed E-state index contributed by atoms with van der Waals surface area (Å²) in [4.78, 5) is 34.0. The van der Waals surface area contributed by atoms with E-state index in [1.165, 1.54) is 35.4 Å². The molecule has 0 aromatic carbocycles. The number of nitrogens with zero attached hydrogens (tertiary/aromatic N) is 3. The number of carboxylic acid groups (broad SMARTS) is 1. The molecule has 0 saturated carbocycles. The fourth-order valence-electron chi connectivity index (χ4n) is 1.34. The molecule has 0 aliphatic carbocycles. The molecule has 19 heavy (non-hydrogen) atoms. The second kappa shape index (κ2) is 5.53. The lowest BCUT2D eigenvalue weighted by Crippen LogP contribution is -2.26. The predicted octanol–water partition coefficient (Wildman–Crippen LogP) is 1.12. The first kappa shape index (κ1) is 13.1. The molecule has 2 aromatic heterocycles. The number of aromatic carboxylic acids is 1. The number of thiazole rings is 1. The average molecular weight is 278 g/mol. The Balaban J connectivity index is 2.06. The van der Waals surface area contributed by atoms with Crippen molar-refractivity contribution >= 4 is 23.2 Å². The maximum absolute atomic E-state index is 11.8. The van der Waals surface area contributed by atoms with Gasteiger partial charge in [0, 0.05) is 17.8 Å². The first-order valence-electron chi connectivity index (χ1n) is 5.32. The Bertz CT molecular complexity index is 599. The van der Waals surface area contributed by atoms with E-state index in [2.05, 4.69) is 20.3 Å². The molecule has 7 nitrogen and oxygen atoms in total. The van der Waals surface area contributed by atoms with Gasteiger partial charge in [-0.25, -0.2) is 19.7 Å². The highest BCUT2D eigenvalue weighted by molar-refractivity contribution is 7.09. The Morgan fingerprint density at radius 1 is 1.37 bits per heavy atom. The second-order valence-corrected chi connectivity index (χ2v) is 4.59. The lowest BCUT2D eigenvalue weighted by Gasteiger charge is -2.10. The summed E-state index contributed by atoms with van der Waals surface area (Å²) in [5.74, 6) is -1.42. The molecule has 0 fully saturated rings. The van der Waals surface area contributed by atoms with Gasteiger partial charge in [-0.2, -0.15) is 0 Å². The molecule has 2 N–H and O–H groups in total. The van der Waals surface area contributed by atoms with Crippen molar-refractivity contribution in [2.24, 2.45) is 0 Å². The summed E-state index contributed by atoms with van der Waals surface area (Å²) in [6, 6.07) is -0.384. The summed E-state index contributed by atoms with van der Waals surface area (Å²) >= 11 is 1.19. The third kappa shape index (κ3) is 3.10. The van der Waals surface area contributed by atoms with Crippen molar-refractivity contribution in [3.63, 3.8) is 0 Å². The maximum Gasteiger partial charge on any atom is 0.355 e. The first-order chi connectivity index (χ1) is 9.08. The van der Waals surface area contributed by atoms with Crippen molar-refractivity contribution in [1.82, 2.24) is 20.3 Å². The minimum Gasteiger partial charge on any atom is -0.476 e. The van der Waals surface area contributed by atoms with Crippen molar-refractivity contribution in [3.8, 4) is 0 Å². The number of rotatable bonds is 4. The third-order valence-corrected chi connectivity index (χ3v) is 3.31. The van der Waals surface area contributed by atoms with E-state index < -0.39 is 5.97 Å². The number of carbonyl (C=O) groups excluding carboxylic acids is 1. The van der Waals surface area contributed by atoms with E-state index in [9.17, 15) is 9.59 Å². The van der Waals surface area contributed by atoms with Crippen molar-refractivity contribution in [3.05, 3.63) is 40.4 Å². The van der Waals surface area contributed by atoms with Gasteiger partial charge in [-0.1, -0.05) is 0 Å². The molecule has 1 amide bonds. The van der Waals surface area contributed by atoms with Gasteiger partial charge in [0.05, 0.1) is 11.6 Å². The highest BCUT2D eigenvalue weighted by Crippen LogP contribution is 2.18. The lowest BCUT2D eigenvalue weighted by molar-refractivity contribution is 0.0691. The minimum absolute atomic E-state index is 0.0239. The van der Waals surface area contributed by atoms with Crippen LogP contribution in [0.1, 0.15) is 38.8 Å². The molecule has 2 aromatic rings. The Hall–Kier alpha value is -2.35. The molecule has 0 aliphatic rings. The monoisotopic (exact) mass is 278 g/mol. The number of carboxylic acids is 1. The Labute approximate surface area is 112 Å². The number of aromatic nitrogens is 3. The van der Waals surface area contributed by atoms with Gasteiger partial charge in [0.2, 0.25) is 0 Å². The quantitative estimate of drug-likeness (QED) is 0.868. The van der Waals surface area contributed by atoms with Gasteiger partial charge in [0.25, 0.3) is 5.91 Å². The highest BCUT2D eigenvalue weighted by atomic mass is 32.1. The zero-order valence-electron chi connectivity index (χ0n) is 9.90. The molecule has 0 bridgehead atoms. The molecule has 8 heteroatoms. The zero-order valence-corrected chi connectivity index (χ0v) is 10.7. The molecule has 0 spiro atoms. The lowest BCUT2D eigenvalue weighted by atomic mass is 10.3. The molecule has 0 saturated heterocycles. The van der Waals surface area contributed by atoms with Crippen LogP contribution < -0.4 is 5.32 Å². The first-order valence-corrected chi connectivity index (χ1v) is 6.20. The SMILES string of the molecule is CC(NC(=O)c1cncnc1)c1nc(C(=O)O)cs1. The van der Waals surface area contributed by atoms with Crippen LogP contribution in [0, 0.1) is 0 Å². The van der Waals surface area contributed by atoms with Gasteiger partial charge in [0.15, 0.2) is 5.69 Å². The second-order valence-electron chi connectivity index (χ2n) is 3.70. The third-order valence-electron chi connectivity index (χ3n) is 2.28. The van der Waals surface area contributed by atoms with Crippen LogP contribution >= 0.6 is 11.3 Å².